The van der Waals surface area contributed by atoms with E-state index in [-0.39, 0.29) is 24.1 Å². The van der Waals surface area contributed by atoms with Crippen molar-refractivity contribution in [2.75, 3.05) is 25.1 Å². The Morgan fingerprint density at radius 2 is 1.62 bits per heavy atom. The van der Waals surface area contributed by atoms with Crippen LogP contribution in [0.1, 0.15) is 63.3 Å². The third-order valence-corrected chi connectivity index (χ3v) is 6.74. The minimum absolute atomic E-state index is 0.141. The molecule has 42 heavy (non-hydrogen) atoms. The number of para-hydroxylation sites is 1. The number of benzene rings is 3. The number of ether oxygens (including phenoxy) is 2. The molecule has 3 aromatic carbocycles. The van der Waals surface area contributed by atoms with Crippen LogP contribution in [0.3, 0.4) is 0 Å². The number of carbonyl (C=O) groups is 2. The molecule has 1 N–H and O–H groups in total. The topological polar surface area (TPSA) is 103 Å². The van der Waals surface area contributed by atoms with Crippen LogP contribution in [-0.2, 0) is 4.74 Å². The number of hydrogen-bond acceptors (Lipinski definition) is 6. The second-order valence-electron chi connectivity index (χ2n) is 10.3. The number of carbonyl (C=O) groups excluding carboxylic acids is 2. The van der Waals surface area contributed by atoms with Gasteiger partial charge in [-0.05, 0) is 86.8 Å². The summed E-state index contributed by atoms with van der Waals surface area (Å²) in [4.78, 5) is 46.6. The van der Waals surface area contributed by atoms with Gasteiger partial charge < -0.3 is 19.7 Å². The smallest absolute Gasteiger partial charge is 0.338 e. The molecule has 9 nitrogen and oxygen atoms in total. The summed E-state index contributed by atoms with van der Waals surface area (Å²) in [5.74, 6) is 0.893. The Labute approximate surface area is 246 Å². The van der Waals surface area contributed by atoms with E-state index in [4.69, 9.17) is 14.5 Å². The zero-order chi connectivity index (χ0) is 30.2. The maximum absolute atomic E-state index is 14.0. The number of nitrogens with zero attached hydrogens (tertiary/aromatic N) is 3. The standard InChI is InChI=1S/C33H38N4O5/c1-6-29(36(21-22(4)5)33(40)34-24-15-13-23(14-16-24)32(39)42-8-3)30-35-28-12-10-9-11-27(28)31(38)37(30)25-17-19-26(20-18-25)41-7-2/h9-20,22,29H,6-8,21H2,1-5H3,(H,34,40). The number of urea groups is 1. The first-order valence-electron chi connectivity index (χ1n) is 14.4. The van der Waals surface area contributed by atoms with E-state index in [0.29, 0.717) is 59.0 Å². The molecule has 4 rings (SSSR count). The molecule has 1 atom stereocenters. The number of hydrogen-bond donors (Lipinski definition) is 1. The van der Waals surface area contributed by atoms with E-state index < -0.39 is 12.0 Å². The zero-order valence-electron chi connectivity index (χ0n) is 24.8. The highest BCUT2D eigenvalue weighted by atomic mass is 16.5. The minimum Gasteiger partial charge on any atom is -0.494 e. The van der Waals surface area contributed by atoms with E-state index >= 15 is 0 Å². The first-order chi connectivity index (χ1) is 20.3. The number of rotatable bonds is 11. The van der Waals surface area contributed by atoms with E-state index in [0.717, 1.165) is 0 Å². The van der Waals surface area contributed by atoms with E-state index in [9.17, 15) is 14.4 Å². The zero-order valence-corrected chi connectivity index (χ0v) is 24.8. The Balaban J connectivity index is 1.77. The Bertz CT molecular complexity index is 1580. The average molecular weight is 571 g/mol. The number of aromatic nitrogens is 2. The molecule has 4 aromatic rings. The van der Waals surface area contributed by atoms with Crippen LogP contribution in [0.25, 0.3) is 16.6 Å². The lowest BCUT2D eigenvalue weighted by atomic mass is 10.1. The van der Waals surface area contributed by atoms with Crippen LogP contribution in [-0.4, -0.2) is 46.2 Å². The molecule has 1 aromatic heterocycles. The van der Waals surface area contributed by atoms with Gasteiger partial charge in [0.25, 0.3) is 5.56 Å². The Kier molecular flexibility index (Phi) is 9.96. The van der Waals surface area contributed by atoms with Crippen LogP contribution in [0.15, 0.2) is 77.6 Å². The van der Waals surface area contributed by atoms with Crippen LogP contribution in [0.5, 0.6) is 5.75 Å². The molecule has 0 saturated carbocycles. The average Bonchev–Trinajstić information content (AvgIpc) is 2.98. The van der Waals surface area contributed by atoms with E-state index in [1.807, 2.05) is 70.2 Å². The second-order valence-corrected chi connectivity index (χ2v) is 10.3. The van der Waals surface area contributed by atoms with Gasteiger partial charge in [0.2, 0.25) is 0 Å². The molecular weight excluding hydrogens is 532 g/mol. The summed E-state index contributed by atoms with van der Waals surface area (Å²) in [6, 6.07) is 20.3. The maximum atomic E-state index is 14.0. The molecule has 0 bridgehead atoms. The quantitative estimate of drug-likeness (QED) is 0.204. The lowest BCUT2D eigenvalue weighted by Crippen LogP contribution is -2.42. The van der Waals surface area contributed by atoms with E-state index in [2.05, 4.69) is 5.32 Å². The van der Waals surface area contributed by atoms with Crippen LogP contribution >= 0.6 is 0 Å². The molecule has 1 unspecified atom stereocenters. The van der Waals surface area contributed by atoms with Crippen molar-refractivity contribution in [3.8, 4) is 11.4 Å². The molecule has 220 valence electrons. The Hall–Kier alpha value is -4.66. The molecule has 1 heterocycles. The van der Waals surface area contributed by atoms with Crippen molar-refractivity contribution in [2.24, 2.45) is 5.92 Å². The highest BCUT2D eigenvalue weighted by Gasteiger charge is 2.30. The van der Waals surface area contributed by atoms with Gasteiger partial charge in [0, 0.05) is 12.2 Å². The molecule has 0 saturated heterocycles. The van der Waals surface area contributed by atoms with Gasteiger partial charge in [-0.1, -0.05) is 32.9 Å². The van der Waals surface area contributed by atoms with E-state index in [1.54, 1.807) is 46.7 Å². The largest absolute Gasteiger partial charge is 0.494 e. The van der Waals surface area contributed by atoms with Crippen LogP contribution in [0.4, 0.5) is 10.5 Å². The maximum Gasteiger partial charge on any atom is 0.338 e. The van der Waals surface area contributed by atoms with Crippen molar-refractivity contribution in [1.82, 2.24) is 14.5 Å². The van der Waals surface area contributed by atoms with Gasteiger partial charge in [0.15, 0.2) is 0 Å². The van der Waals surface area contributed by atoms with Crippen molar-refractivity contribution < 1.29 is 19.1 Å². The van der Waals surface area contributed by atoms with Gasteiger partial charge in [-0.15, -0.1) is 0 Å². The molecule has 0 aliphatic rings. The molecule has 0 radical (unpaired) electrons. The predicted octanol–water partition coefficient (Wildman–Crippen LogP) is 6.60. The lowest BCUT2D eigenvalue weighted by molar-refractivity contribution is 0.0526. The summed E-state index contributed by atoms with van der Waals surface area (Å²) >= 11 is 0. The summed E-state index contributed by atoms with van der Waals surface area (Å²) < 4.78 is 12.3. The minimum atomic E-state index is -0.518. The summed E-state index contributed by atoms with van der Waals surface area (Å²) in [5.41, 5.74) is 1.93. The highest BCUT2D eigenvalue weighted by molar-refractivity contribution is 5.92. The SMILES string of the molecule is CCOC(=O)c1ccc(NC(=O)N(CC(C)C)C(CC)c2nc3ccccc3c(=O)n2-c2ccc(OCC)cc2)cc1. The molecule has 0 spiro atoms. The fourth-order valence-corrected chi connectivity index (χ4v) is 4.87. The fraction of sp³-hybridized carbons (Fsp3) is 0.333. The van der Waals surface area contributed by atoms with Crippen molar-refractivity contribution in [1.29, 1.82) is 0 Å². The van der Waals surface area contributed by atoms with Crippen molar-refractivity contribution >= 4 is 28.6 Å². The van der Waals surface area contributed by atoms with Crippen molar-refractivity contribution in [2.45, 2.75) is 47.1 Å². The molecular formula is C33H38N4O5. The van der Waals surface area contributed by atoms with E-state index in [1.165, 1.54) is 0 Å². The first kappa shape index (κ1) is 30.3. The molecule has 0 aliphatic carbocycles. The van der Waals surface area contributed by atoms with Gasteiger partial charge in [0.1, 0.15) is 11.6 Å². The number of nitrogens with one attached hydrogen (secondary N) is 1. The van der Waals surface area contributed by atoms with Crippen LogP contribution in [0, 0.1) is 5.92 Å². The van der Waals surface area contributed by atoms with Crippen molar-refractivity contribution in [3.05, 3.63) is 94.5 Å². The fourth-order valence-electron chi connectivity index (χ4n) is 4.87. The third-order valence-electron chi connectivity index (χ3n) is 6.74. The summed E-state index contributed by atoms with van der Waals surface area (Å²) in [5, 5.41) is 3.46. The van der Waals surface area contributed by atoms with Gasteiger partial charge in [0.05, 0.1) is 41.4 Å². The molecule has 2 amide bonds. The molecule has 9 heteroatoms. The number of esters is 1. The summed E-state index contributed by atoms with van der Waals surface area (Å²) in [6.07, 6.45) is 0.518. The van der Waals surface area contributed by atoms with Gasteiger partial charge in [-0.3, -0.25) is 9.36 Å². The third kappa shape index (κ3) is 6.79. The monoisotopic (exact) mass is 570 g/mol. The predicted molar refractivity (Wildman–Crippen MR) is 165 cm³/mol. The Morgan fingerprint density at radius 3 is 2.24 bits per heavy atom. The van der Waals surface area contributed by atoms with Gasteiger partial charge >= 0.3 is 12.0 Å². The van der Waals surface area contributed by atoms with Crippen LogP contribution < -0.4 is 15.6 Å². The molecule has 0 fully saturated rings. The number of amides is 2. The summed E-state index contributed by atoms with van der Waals surface area (Å²) in [7, 11) is 0. The lowest BCUT2D eigenvalue weighted by Gasteiger charge is -2.33. The Morgan fingerprint density at radius 1 is 0.929 bits per heavy atom. The second kappa shape index (κ2) is 13.8. The van der Waals surface area contributed by atoms with Crippen LogP contribution in [0.2, 0.25) is 0 Å². The first-order valence-corrected chi connectivity index (χ1v) is 14.4. The molecule has 0 aliphatic heterocycles. The summed E-state index contributed by atoms with van der Waals surface area (Å²) in [6.45, 7) is 11.0. The van der Waals surface area contributed by atoms with Gasteiger partial charge in [-0.2, -0.15) is 0 Å². The number of fused-ring (bicyclic) bond motifs is 1. The number of anilines is 1. The normalized spacial score (nSPS) is 11.8. The van der Waals surface area contributed by atoms with Crippen molar-refractivity contribution in [3.63, 3.8) is 0 Å². The highest BCUT2D eigenvalue weighted by Crippen LogP contribution is 2.28. The van der Waals surface area contributed by atoms with Gasteiger partial charge in [-0.25, -0.2) is 14.6 Å².